The molecule has 1 atom stereocenters. The van der Waals surface area contributed by atoms with E-state index in [1.807, 2.05) is 6.92 Å². The highest BCUT2D eigenvalue weighted by Gasteiger charge is 2.44. The second-order valence-electron chi connectivity index (χ2n) is 7.16. The molecule has 2 rings (SSSR count). The van der Waals surface area contributed by atoms with Crippen molar-refractivity contribution in [2.24, 2.45) is 5.41 Å². The van der Waals surface area contributed by atoms with Gasteiger partial charge in [0.2, 0.25) is 0 Å². The van der Waals surface area contributed by atoms with Crippen LogP contribution in [-0.4, -0.2) is 17.3 Å². The van der Waals surface area contributed by atoms with E-state index in [0.29, 0.717) is 12.0 Å². The van der Waals surface area contributed by atoms with Crippen LogP contribution >= 0.6 is 0 Å². The molecule has 1 fully saturated rings. The lowest BCUT2D eigenvalue weighted by molar-refractivity contribution is -0.153. The number of rotatable bonds is 5. The zero-order valence-corrected chi connectivity index (χ0v) is 14.0. The molecule has 0 saturated heterocycles. The van der Waals surface area contributed by atoms with Gasteiger partial charge in [-0.2, -0.15) is 0 Å². The molecule has 118 valence electrons. The van der Waals surface area contributed by atoms with Crippen LogP contribution in [0.1, 0.15) is 70.6 Å². The van der Waals surface area contributed by atoms with Gasteiger partial charge in [0.15, 0.2) is 0 Å². The van der Waals surface area contributed by atoms with Gasteiger partial charge < -0.3 is 9.84 Å². The molecular weight excluding hydrogens is 260 g/mol. The van der Waals surface area contributed by atoms with E-state index in [4.69, 9.17) is 4.74 Å². The van der Waals surface area contributed by atoms with Crippen LogP contribution in [-0.2, 0) is 11.2 Å². The molecule has 0 amide bonds. The number of ether oxygens (including phenoxy) is 1. The Balaban J connectivity index is 2.20. The maximum atomic E-state index is 10.9. The predicted molar refractivity (Wildman–Crippen MR) is 87.4 cm³/mol. The average molecular weight is 290 g/mol. The van der Waals surface area contributed by atoms with Gasteiger partial charge in [0, 0.05) is 6.61 Å². The Labute approximate surface area is 129 Å². The third-order valence-electron chi connectivity index (χ3n) is 5.08. The zero-order valence-electron chi connectivity index (χ0n) is 14.0. The largest absolute Gasteiger partial charge is 0.385 e. The minimum atomic E-state index is -0.528. The molecule has 0 spiro atoms. The molecule has 1 N–H and O–H groups in total. The monoisotopic (exact) mass is 290 g/mol. The highest BCUT2D eigenvalue weighted by Crippen LogP contribution is 2.47. The molecule has 1 aliphatic rings. The number of aliphatic hydroxyl groups is 1. The summed E-state index contributed by atoms with van der Waals surface area (Å²) < 4.78 is 6.09. The molecule has 0 heterocycles. The van der Waals surface area contributed by atoms with E-state index in [0.717, 1.165) is 37.7 Å². The maximum Gasteiger partial charge on any atom is 0.108 e. The lowest BCUT2D eigenvalue weighted by atomic mass is 9.68. The molecule has 2 nitrogen and oxygen atoms in total. The molecule has 0 bridgehead atoms. The molecule has 1 aromatic rings. The first-order valence-electron chi connectivity index (χ1n) is 8.33. The van der Waals surface area contributed by atoms with E-state index in [1.54, 1.807) is 0 Å². The number of hydrogen-bond acceptors (Lipinski definition) is 2. The SMILES string of the molecule is CCOC1(C(O)c2ccc(CC)cc2)CCC(C)(C)CC1. The van der Waals surface area contributed by atoms with Crippen LogP contribution in [0.2, 0.25) is 0 Å². The lowest BCUT2D eigenvalue weighted by Gasteiger charge is -2.46. The van der Waals surface area contributed by atoms with Crippen LogP contribution in [0, 0.1) is 5.41 Å². The fraction of sp³-hybridized carbons (Fsp3) is 0.684. The third kappa shape index (κ3) is 3.67. The van der Waals surface area contributed by atoms with Crippen molar-refractivity contribution in [1.82, 2.24) is 0 Å². The van der Waals surface area contributed by atoms with E-state index in [-0.39, 0.29) is 0 Å². The summed E-state index contributed by atoms with van der Waals surface area (Å²) in [6.07, 6.45) is 4.59. The van der Waals surface area contributed by atoms with E-state index in [9.17, 15) is 5.11 Å². The topological polar surface area (TPSA) is 29.5 Å². The summed E-state index contributed by atoms with van der Waals surface area (Å²) in [4.78, 5) is 0. The Kier molecular flexibility index (Phi) is 5.11. The highest BCUT2D eigenvalue weighted by molar-refractivity contribution is 5.26. The van der Waals surface area contributed by atoms with Gasteiger partial charge in [-0.15, -0.1) is 0 Å². The predicted octanol–water partition coefficient (Wildman–Crippen LogP) is 4.66. The molecular formula is C19H30O2. The summed E-state index contributed by atoms with van der Waals surface area (Å²) in [7, 11) is 0. The van der Waals surface area contributed by atoms with Crippen LogP contribution < -0.4 is 0 Å². The molecule has 1 saturated carbocycles. The molecule has 2 heteroatoms. The van der Waals surface area contributed by atoms with Crippen molar-refractivity contribution in [2.75, 3.05) is 6.61 Å². The summed E-state index contributed by atoms with van der Waals surface area (Å²) >= 11 is 0. The Morgan fingerprint density at radius 1 is 1.05 bits per heavy atom. The average Bonchev–Trinajstić information content (AvgIpc) is 2.49. The molecule has 1 aromatic carbocycles. The van der Waals surface area contributed by atoms with Gasteiger partial charge >= 0.3 is 0 Å². The van der Waals surface area contributed by atoms with Gasteiger partial charge in [0.25, 0.3) is 0 Å². The smallest absolute Gasteiger partial charge is 0.108 e. The van der Waals surface area contributed by atoms with Crippen LogP contribution in [0.4, 0.5) is 0 Å². The Morgan fingerprint density at radius 3 is 2.10 bits per heavy atom. The zero-order chi connectivity index (χ0) is 15.5. The first-order chi connectivity index (χ1) is 9.92. The number of hydrogen-bond donors (Lipinski definition) is 1. The fourth-order valence-corrected chi connectivity index (χ4v) is 3.37. The van der Waals surface area contributed by atoms with Gasteiger partial charge in [0.1, 0.15) is 6.10 Å². The van der Waals surface area contributed by atoms with Crippen molar-refractivity contribution in [3.8, 4) is 0 Å². The Morgan fingerprint density at radius 2 is 1.62 bits per heavy atom. The first-order valence-corrected chi connectivity index (χ1v) is 8.33. The Hall–Kier alpha value is -0.860. The summed E-state index contributed by atoms with van der Waals surface area (Å²) in [5.74, 6) is 0. The van der Waals surface area contributed by atoms with Crippen molar-refractivity contribution in [3.63, 3.8) is 0 Å². The van der Waals surface area contributed by atoms with Crippen LogP contribution in [0.25, 0.3) is 0 Å². The van der Waals surface area contributed by atoms with E-state index in [2.05, 4.69) is 45.0 Å². The molecule has 0 radical (unpaired) electrons. The molecule has 1 aliphatic carbocycles. The van der Waals surface area contributed by atoms with E-state index >= 15 is 0 Å². The van der Waals surface area contributed by atoms with Gasteiger partial charge in [-0.3, -0.25) is 0 Å². The van der Waals surface area contributed by atoms with Gasteiger partial charge in [0.05, 0.1) is 5.60 Å². The fourth-order valence-electron chi connectivity index (χ4n) is 3.37. The minimum Gasteiger partial charge on any atom is -0.385 e. The molecule has 0 aromatic heterocycles. The van der Waals surface area contributed by atoms with Crippen molar-refractivity contribution < 1.29 is 9.84 Å². The summed E-state index contributed by atoms with van der Waals surface area (Å²) in [5, 5.41) is 10.9. The quantitative estimate of drug-likeness (QED) is 0.854. The van der Waals surface area contributed by atoms with Gasteiger partial charge in [-0.05, 0) is 55.6 Å². The second-order valence-corrected chi connectivity index (χ2v) is 7.16. The summed E-state index contributed by atoms with van der Waals surface area (Å²) in [6, 6.07) is 8.35. The normalized spacial score (nSPS) is 22.0. The Bertz CT molecular complexity index is 437. The number of aryl methyl sites for hydroxylation is 1. The highest BCUT2D eigenvalue weighted by atomic mass is 16.5. The van der Waals surface area contributed by atoms with Crippen LogP contribution in [0.3, 0.4) is 0 Å². The number of aliphatic hydroxyl groups excluding tert-OH is 1. The van der Waals surface area contributed by atoms with Gasteiger partial charge in [-0.25, -0.2) is 0 Å². The summed E-state index contributed by atoms with van der Waals surface area (Å²) in [5.41, 5.74) is 2.26. The standard InChI is InChI=1S/C19H30O2/c1-5-15-7-9-16(10-8-15)17(20)19(21-6-2)13-11-18(3,4)12-14-19/h7-10,17,20H,5-6,11-14H2,1-4H3. The van der Waals surface area contributed by atoms with Gasteiger partial charge in [-0.1, -0.05) is 45.0 Å². The molecule has 1 unspecified atom stereocenters. The lowest BCUT2D eigenvalue weighted by Crippen LogP contribution is -2.44. The molecule has 21 heavy (non-hydrogen) atoms. The van der Waals surface area contributed by atoms with E-state index in [1.165, 1.54) is 5.56 Å². The van der Waals surface area contributed by atoms with Crippen molar-refractivity contribution in [3.05, 3.63) is 35.4 Å². The number of benzene rings is 1. The van der Waals surface area contributed by atoms with Crippen molar-refractivity contribution in [1.29, 1.82) is 0 Å². The molecule has 0 aliphatic heterocycles. The summed E-state index contributed by atoms with van der Waals surface area (Å²) in [6.45, 7) is 9.45. The minimum absolute atomic E-state index is 0.367. The van der Waals surface area contributed by atoms with Crippen LogP contribution in [0.5, 0.6) is 0 Å². The van der Waals surface area contributed by atoms with Crippen LogP contribution in [0.15, 0.2) is 24.3 Å². The maximum absolute atomic E-state index is 10.9. The van der Waals surface area contributed by atoms with E-state index < -0.39 is 11.7 Å². The second kappa shape index (κ2) is 6.50. The van der Waals surface area contributed by atoms with Crippen molar-refractivity contribution >= 4 is 0 Å². The first kappa shape index (κ1) is 16.5. The van der Waals surface area contributed by atoms with Crippen molar-refractivity contribution in [2.45, 2.75) is 71.5 Å². The third-order valence-corrected chi connectivity index (χ3v) is 5.08.